The molecule has 0 aliphatic carbocycles. The largest absolute Gasteiger partial charge is 0.459 e. The number of benzene rings is 2. The fourth-order valence-corrected chi connectivity index (χ4v) is 3.15. The fourth-order valence-electron chi connectivity index (χ4n) is 3.15. The highest BCUT2D eigenvalue weighted by Crippen LogP contribution is 2.22. The normalized spacial score (nSPS) is 17.6. The maximum absolute atomic E-state index is 12.5. The Bertz CT molecular complexity index is 926. The third kappa shape index (κ3) is 5.55. The quantitative estimate of drug-likeness (QED) is 0.383. The maximum atomic E-state index is 12.5. The summed E-state index contributed by atoms with van der Waals surface area (Å²) in [6.07, 6.45) is -1.79. The Balaban J connectivity index is 1.55. The van der Waals surface area contributed by atoms with E-state index < -0.39 is 34.1 Å². The molecule has 2 aromatic rings. The average molecular weight is 445 g/mol. The number of hydrogen-bond acceptors (Lipinski definition) is 9. The number of carbonyl (C=O) groups is 2. The predicted octanol–water partition coefficient (Wildman–Crippen LogP) is 2.32. The first-order chi connectivity index (χ1) is 15.2. The van der Waals surface area contributed by atoms with E-state index in [1.54, 1.807) is 0 Å². The Labute approximate surface area is 181 Å². The van der Waals surface area contributed by atoms with Gasteiger partial charge in [-0.2, -0.15) is 0 Å². The molecule has 1 aliphatic rings. The van der Waals surface area contributed by atoms with Crippen LogP contribution in [0.5, 0.6) is 0 Å². The summed E-state index contributed by atoms with van der Waals surface area (Å²) < 4.78 is 10.4. The number of amides is 1. The molecule has 3 rings (SSSR count). The van der Waals surface area contributed by atoms with Gasteiger partial charge in [-0.05, 0) is 35.4 Å². The van der Waals surface area contributed by atoms with Crippen molar-refractivity contribution in [3.05, 3.63) is 79.9 Å². The number of nitro benzene ring substituents is 2. The van der Waals surface area contributed by atoms with Crippen molar-refractivity contribution >= 4 is 23.4 Å². The molecule has 0 spiro atoms. The van der Waals surface area contributed by atoms with Gasteiger partial charge >= 0.3 is 12.1 Å². The minimum Gasteiger partial charge on any atom is -0.459 e. The fraction of sp³-hybridized carbons (Fsp3) is 0.300. The minimum absolute atomic E-state index is 0.0221. The summed E-state index contributed by atoms with van der Waals surface area (Å²) in [5, 5.41) is 31.3. The van der Waals surface area contributed by atoms with Crippen molar-refractivity contribution in [1.82, 2.24) is 4.90 Å². The van der Waals surface area contributed by atoms with E-state index in [9.17, 15) is 34.9 Å². The molecular weight excluding hydrogens is 426 g/mol. The zero-order chi connectivity index (χ0) is 23.3. The molecule has 0 radical (unpaired) electrons. The van der Waals surface area contributed by atoms with Crippen molar-refractivity contribution in [2.45, 2.75) is 31.8 Å². The van der Waals surface area contributed by atoms with Crippen molar-refractivity contribution in [3.8, 4) is 0 Å². The highest BCUT2D eigenvalue weighted by atomic mass is 16.6. The molecule has 1 saturated heterocycles. The highest BCUT2D eigenvalue weighted by molar-refractivity contribution is 5.82. The number of hydrogen-bond donors (Lipinski definition) is 1. The first-order valence-electron chi connectivity index (χ1n) is 9.49. The lowest BCUT2D eigenvalue weighted by molar-refractivity contribution is -0.385. The van der Waals surface area contributed by atoms with Crippen LogP contribution in [0.2, 0.25) is 0 Å². The second kappa shape index (κ2) is 9.83. The molecule has 12 nitrogen and oxygen atoms in total. The van der Waals surface area contributed by atoms with Crippen LogP contribution < -0.4 is 0 Å². The average Bonchev–Trinajstić information content (AvgIpc) is 3.18. The number of likely N-dealkylation sites (tertiary alicyclic amines) is 1. The number of non-ortho nitro benzene ring substituents is 2. The second-order valence-electron chi connectivity index (χ2n) is 7.07. The van der Waals surface area contributed by atoms with Gasteiger partial charge in [0.2, 0.25) is 0 Å². The Kier molecular flexibility index (Phi) is 6.95. The van der Waals surface area contributed by atoms with Gasteiger partial charge in [0.25, 0.3) is 11.4 Å². The number of esters is 1. The zero-order valence-corrected chi connectivity index (χ0v) is 16.7. The minimum atomic E-state index is -1.05. The van der Waals surface area contributed by atoms with Gasteiger partial charge in [-0.15, -0.1) is 0 Å². The topological polar surface area (TPSA) is 162 Å². The molecule has 2 atom stereocenters. The van der Waals surface area contributed by atoms with Gasteiger partial charge in [0.1, 0.15) is 19.3 Å². The van der Waals surface area contributed by atoms with Crippen LogP contribution in [0.3, 0.4) is 0 Å². The van der Waals surface area contributed by atoms with E-state index in [1.807, 2.05) is 0 Å². The summed E-state index contributed by atoms with van der Waals surface area (Å²) in [6, 6.07) is 9.86. The van der Waals surface area contributed by atoms with Crippen molar-refractivity contribution in [2.24, 2.45) is 0 Å². The smallest absolute Gasteiger partial charge is 0.410 e. The molecule has 0 bridgehead atoms. The number of aliphatic hydroxyl groups excluding tert-OH is 1. The van der Waals surface area contributed by atoms with Gasteiger partial charge in [-0.25, -0.2) is 9.59 Å². The first kappa shape index (κ1) is 22.6. The molecule has 2 aromatic carbocycles. The van der Waals surface area contributed by atoms with Crippen LogP contribution in [0, 0.1) is 20.2 Å². The molecule has 12 heteroatoms. The summed E-state index contributed by atoms with van der Waals surface area (Å²) in [4.78, 5) is 46.3. The summed E-state index contributed by atoms with van der Waals surface area (Å²) >= 11 is 0. The van der Waals surface area contributed by atoms with Gasteiger partial charge in [0.05, 0.1) is 22.5 Å². The monoisotopic (exact) mass is 445 g/mol. The van der Waals surface area contributed by atoms with Crippen LogP contribution in [-0.2, 0) is 27.5 Å². The number of nitro groups is 2. The van der Waals surface area contributed by atoms with Gasteiger partial charge < -0.3 is 14.6 Å². The Hall–Kier alpha value is -4.06. The third-order valence-electron chi connectivity index (χ3n) is 4.82. The van der Waals surface area contributed by atoms with Crippen LogP contribution in [0.15, 0.2) is 48.5 Å². The van der Waals surface area contributed by atoms with Crippen LogP contribution in [0.25, 0.3) is 0 Å². The lowest BCUT2D eigenvalue weighted by Crippen LogP contribution is -2.41. The number of β-amino-alcohol motifs (C(OH)–C–C–N with tert-alkyl or cyclic N) is 1. The lowest BCUT2D eigenvalue weighted by atomic mass is 10.2. The predicted molar refractivity (Wildman–Crippen MR) is 107 cm³/mol. The standard InChI is InChI=1S/C20H19N3O9/c24-17-9-18(19(25)31-11-13-1-5-15(6-2-13)22(27)28)21(10-17)20(26)32-12-14-3-7-16(8-4-14)23(29)30/h1-8,17-18,24H,9-12H2/t17-,18+/m1/s1. The number of carbonyl (C=O) groups excluding carboxylic acids is 2. The van der Waals surface area contributed by atoms with Crippen molar-refractivity contribution < 1.29 is 34.0 Å². The number of aliphatic hydroxyl groups is 1. The molecule has 1 N–H and O–H groups in total. The van der Waals surface area contributed by atoms with Crippen molar-refractivity contribution in [1.29, 1.82) is 0 Å². The van der Waals surface area contributed by atoms with E-state index >= 15 is 0 Å². The van der Waals surface area contributed by atoms with Gasteiger partial charge in [0, 0.05) is 30.7 Å². The van der Waals surface area contributed by atoms with Gasteiger partial charge in [-0.1, -0.05) is 0 Å². The second-order valence-corrected chi connectivity index (χ2v) is 7.07. The molecular formula is C20H19N3O9. The summed E-state index contributed by atoms with van der Waals surface area (Å²) in [6.45, 7) is -0.445. The van der Waals surface area contributed by atoms with E-state index in [4.69, 9.17) is 9.47 Å². The molecule has 0 saturated carbocycles. The number of rotatable bonds is 7. The van der Waals surface area contributed by atoms with Crippen molar-refractivity contribution in [3.63, 3.8) is 0 Å². The van der Waals surface area contributed by atoms with Crippen molar-refractivity contribution in [2.75, 3.05) is 6.54 Å². The highest BCUT2D eigenvalue weighted by Gasteiger charge is 2.41. The van der Waals surface area contributed by atoms with E-state index in [0.717, 1.165) is 4.90 Å². The third-order valence-corrected chi connectivity index (χ3v) is 4.82. The Morgan fingerprint density at radius 3 is 1.84 bits per heavy atom. The zero-order valence-electron chi connectivity index (χ0n) is 16.7. The van der Waals surface area contributed by atoms with E-state index in [2.05, 4.69) is 0 Å². The summed E-state index contributed by atoms with van der Waals surface area (Å²) in [7, 11) is 0. The van der Waals surface area contributed by atoms with Gasteiger partial charge in [0.15, 0.2) is 0 Å². The van der Waals surface area contributed by atoms with Crippen LogP contribution >= 0.6 is 0 Å². The SMILES string of the molecule is O=C(OCc1ccc([N+](=O)[O-])cc1)[C@@H]1C[C@@H](O)CN1C(=O)OCc1ccc([N+](=O)[O-])cc1. The van der Waals surface area contributed by atoms with Crippen LogP contribution in [0.4, 0.5) is 16.2 Å². The molecule has 1 aliphatic heterocycles. The molecule has 0 unspecified atom stereocenters. The summed E-state index contributed by atoms with van der Waals surface area (Å²) in [5.74, 6) is -0.743. The molecule has 168 valence electrons. The van der Waals surface area contributed by atoms with E-state index in [1.165, 1.54) is 48.5 Å². The van der Waals surface area contributed by atoms with E-state index in [0.29, 0.717) is 11.1 Å². The number of nitrogens with zero attached hydrogens (tertiary/aromatic N) is 3. The van der Waals surface area contributed by atoms with Gasteiger partial charge in [-0.3, -0.25) is 25.1 Å². The maximum Gasteiger partial charge on any atom is 0.410 e. The van der Waals surface area contributed by atoms with Crippen LogP contribution in [-0.4, -0.2) is 50.6 Å². The molecule has 1 amide bonds. The molecule has 32 heavy (non-hydrogen) atoms. The van der Waals surface area contributed by atoms with E-state index in [-0.39, 0.29) is 37.6 Å². The number of ether oxygens (including phenoxy) is 2. The lowest BCUT2D eigenvalue weighted by Gasteiger charge is -2.22. The summed E-state index contributed by atoms with van der Waals surface area (Å²) in [5.41, 5.74) is 0.843. The molecule has 1 fully saturated rings. The molecule has 1 heterocycles. The van der Waals surface area contributed by atoms with Crippen LogP contribution in [0.1, 0.15) is 17.5 Å². The Morgan fingerprint density at radius 2 is 1.38 bits per heavy atom. The molecule has 0 aromatic heterocycles. The first-order valence-corrected chi connectivity index (χ1v) is 9.49. The Morgan fingerprint density at radius 1 is 0.906 bits per heavy atom.